The molecule has 130 valence electrons. The summed E-state index contributed by atoms with van der Waals surface area (Å²) in [5, 5.41) is 9.39. The quantitative estimate of drug-likeness (QED) is 0.856. The van der Waals surface area contributed by atoms with Gasteiger partial charge in [0.05, 0.1) is 18.4 Å². The molecule has 5 nitrogen and oxygen atoms in total. The Balaban J connectivity index is 1.63. The molecule has 6 heteroatoms. The third-order valence-electron chi connectivity index (χ3n) is 3.69. The fourth-order valence-electron chi connectivity index (χ4n) is 2.53. The van der Waals surface area contributed by atoms with Crippen LogP contribution in [0, 0.1) is 0 Å². The summed E-state index contributed by atoms with van der Waals surface area (Å²) in [6.45, 7) is 4.50. The number of anilines is 1. The van der Waals surface area contributed by atoms with Crippen molar-refractivity contribution in [1.82, 2.24) is 5.01 Å². The van der Waals surface area contributed by atoms with Gasteiger partial charge in [-0.1, -0.05) is 23.7 Å². The van der Waals surface area contributed by atoms with Crippen LogP contribution >= 0.6 is 11.6 Å². The monoisotopic (exact) mass is 357 g/mol. The van der Waals surface area contributed by atoms with Crippen LogP contribution in [-0.4, -0.2) is 29.4 Å². The number of hydrazone groups is 1. The second-order valence-electron chi connectivity index (χ2n) is 6.05. The van der Waals surface area contributed by atoms with Crippen LogP contribution in [0.3, 0.4) is 0 Å². The lowest BCUT2D eigenvalue weighted by atomic mass is 10.1. The fourth-order valence-corrected chi connectivity index (χ4v) is 2.65. The zero-order valence-corrected chi connectivity index (χ0v) is 15.0. The molecular weight excluding hydrogens is 338 g/mol. The highest BCUT2D eigenvalue weighted by Gasteiger charge is 2.21. The number of urea groups is 1. The molecule has 0 bridgehead atoms. The smallest absolute Gasteiger partial charge is 0.342 e. The highest BCUT2D eigenvalue weighted by atomic mass is 35.5. The van der Waals surface area contributed by atoms with Gasteiger partial charge in [0.1, 0.15) is 5.75 Å². The van der Waals surface area contributed by atoms with E-state index in [1.54, 1.807) is 0 Å². The van der Waals surface area contributed by atoms with Crippen LogP contribution in [0.25, 0.3) is 0 Å². The molecule has 2 amide bonds. The molecule has 1 heterocycles. The largest absolute Gasteiger partial charge is 0.491 e. The summed E-state index contributed by atoms with van der Waals surface area (Å²) >= 11 is 5.90. The molecule has 1 aliphatic rings. The predicted molar refractivity (Wildman–Crippen MR) is 101 cm³/mol. The molecule has 25 heavy (non-hydrogen) atoms. The van der Waals surface area contributed by atoms with Crippen molar-refractivity contribution in [2.75, 3.05) is 11.9 Å². The number of carbonyl (C=O) groups is 1. The van der Waals surface area contributed by atoms with Gasteiger partial charge in [0.15, 0.2) is 0 Å². The maximum Gasteiger partial charge on any atom is 0.342 e. The summed E-state index contributed by atoms with van der Waals surface area (Å²) in [5.74, 6) is 0.775. The molecule has 0 saturated carbocycles. The summed E-state index contributed by atoms with van der Waals surface area (Å²) in [6, 6.07) is 14.5. The summed E-state index contributed by atoms with van der Waals surface area (Å²) in [5.41, 5.74) is 2.57. The summed E-state index contributed by atoms with van der Waals surface area (Å²) < 4.78 is 5.59. The average molecular weight is 358 g/mol. The second-order valence-corrected chi connectivity index (χ2v) is 6.48. The van der Waals surface area contributed by atoms with E-state index in [2.05, 4.69) is 10.4 Å². The van der Waals surface area contributed by atoms with E-state index in [4.69, 9.17) is 16.3 Å². The van der Waals surface area contributed by atoms with Crippen molar-refractivity contribution in [2.45, 2.75) is 26.4 Å². The van der Waals surface area contributed by atoms with Gasteiger partial charge in [-0.05, 0) is 55.8 Å². The van der Waals surface area contributed by atoms with E-state index in [0.29, 0.717) is 17.3 Å². The number of ether oxygens (including phenoxy) is 1. The van der Waals surface area contributed by atoms with Crippen LogP contribution in [0.4, 0.5) is 10.5 Å². The first-order valence-corrected chi connectivity index (χ1v) is 8.58. The van der Waals surface area contributed by atoms with Crippen molar-refractivity contribution < 1.29 is 9.53 Å². The highest BCUT2D eigenvalue weighted by molar-refractivity contribution is 6.30. The van der Waals surface area contributed by atoms with Gasteiger partial charge in [-0.3, -0.25) is 0 Å². The van der Waals surface area contributed by atoms with E-state index in [1.165, 1.54) is 5.01 Å². The molecule has 0 unspecified atom stereocenters. The molecule has 0 aliphatic carbocycles. The number of halogens is 1. The van der Waals surface area contributed by atoms with Crippen LogP contribution in [0.5, 0.6) is 5.75 Å². The summed E-state index contributed by atoms with van der Waals surface area (Å²) in [7, 11) is 0. The first kappa shape index (κ1) is 17.3. The Kier molecular flexibility index (Phi) is 5.24. The SMILES string of the molecule is CC(C)Oc1ccc(NC(=O)N2CCC(c3ccc(Cl)cc3)=N2)cc1. The van der Waals surface area contributed by atoms with Crippen molar-refractivity contribution in [3.63, 3.8) is 0 Å². The highest BCUT2D eigenvalue weighted by Crippen LogP contribution is 2.20. The number of hydrogen-bond acceptors (Lipinski definition) is 3. The third kappa shape index (κ3) is 4.51. The molecule has 3 rings (SSSR count). The Morgan fingerprint density at radius 2 is 1.84 bits per heavy atom. The maximum absolute atomic E-state index is 12.4. The number of nitrogens with zero attached hydrogens (tertiary/aromatic N) is 2. The minimum atomic E-state index is -0.249. The molecule has 2 aromatic rings. The zero-order chi connectivity index (χ0) is 17.8. The molecule has 0 saturated heterocycles. The van der Waals surface area contributed by atoms with E-state index in [9.17, 15) is 4.79 Å². The number of hydrogen-bond donors (Lipinski definition) is 1. The lowest BCUT2D eigenvalue weighted by Crippen LogP contribution is -2.28. The zero-order valence-electron chi connectivity index (χ0n) is 14.2. The van der Waals surface area contributed by atoms with Crippen LogP contribution in [0.2, 0.25) is 5.02 Å². The number of amides is 2. The summed E-state index contributed by atoms with van der Waals surface area (Å²) in [4.78, 5) is 12.4. The molecular formula is C19H20ClN3O2. The third-order valence-corrected chi connectivity index (χ3v) is 3.94. The molecule has 1 aliphatic heterocycles. The Morgan fingerprint density at radius 3 is 2.48 bits per heavy atom. The van der Waals surface area contributed by atoms with Gasteiger partial charge in [0.2, 0.25) is 0 Å². The first-order chi connectivity index (χ1) is 12.0. The molecule has 0 fully saturated rings. The van der Waals surface area contributed by atoms with Crippen molar-refractivity contribution in [2.24, 2.45) is 5.10 Å². The standard InChI is InChI=1S/C19H20ClN3O2/c1-13(2)25-17-9-7-16(8-10-17)21-19(24)23-12-11-18(22-23)14-3-5-15(20)6-4-14/h3-10,13H,11-12H2,1-2H3,(H,21,24). The van der Waals surface area contributed by atoms with Crippen LogP contribution in [-0.2, 0) is 0 Å². The van der Waals surface area contributed by atoms with Gasteiger partial charge in [0.25, 0.3) is 0 Å². The summed E-state index contributed by atoms with van der Waals surface area (Å²) in [6.07, 6.45) is 0.835. The Labute approximate surface area is 152 Å². The molecule has 0 radical (unpaired) electrons. The van der Waals surface area contributed by atoms with Crippen molar-refractivity contribution in [1.29, 1.82) is 0 Å². The van der Waals surface area contributed by atoms with E-state index in [-0.39, 0.29) is 12.1 Å². The lowest BCUT2D eigenvalue weighted by molar-refractivity contribution is 0.219. The minimum absolute atomic E-state index is 0.116. The van der Waals surface area contributed by atoms with Gasteiger partial charge < -0.3 is 10.1 Å². The second kappa shape index (κ2) is 7.57. The van der Waals surface area contributed by atoms with Gasteiger partial charge in [-0.25, -0.2) is 9.80 Å². The van der Waals surface area contributed by atoms with Gasteiger partial charge in [-0.2, -0.15) is 5.10 Å². The Morgan fingerprint density at radius 1 is 1.16 bits per heavy atom. The number of nitrogens with one attached hydrogen (secondary N) is 1. The topological polar surface area (TPSA) is 53.9 Å². The van der Waals surface area contributed by atoms with Gasteiger partial charge in [-0.15, -0.1) is 0 Å². The van der Waals surface area contributed by atoms with Gasteiger partial charge in [0, 0.05) is 17.1 Å². The average Bonchev–Trinajstić information content (AvgIpc) is 3.07. The molecule has 0 aromatic heterocycles. The van der Waals surface area contributed by atoms with E-state index < -0.39 is 0 Å². The lowest BCUT2D eigenvalue weighted by Gasteiger charge is -2.14. The number of benzene rings is 2. The van der Waals surface area contributed by atoms with Crippen molar-refractivity contribution >= 4 is 29.0 Å². The normalized spacial score (nSPS) is 13.8. The van der Waals surface area contributed by atoms with E-state index in [1.807, 2.05) is 62.4 Å². The van der Waals surface area contributed by atoms with E-state index in [0.717, 1.165) is 23.4 Å². The molecule has 1 N–H and O–H groups in total. The maximum atomic E-state index is 12.4. The minimum Gasteiger partial charge on any atom is -0.491 e. The molecule has 0 spiro atoms. The first-order valence-electron chi connectivity index (χ1n) is 8.20. The van der Waals surface area contributed by atoms with Crippen molar-refractivity contribution in [3.8, 4) is 5.75 Å². The Bertz CT molecular complexity index is 770. The molecule has 2 aromatic carbocycles. The Hall–Kier alpha value is -2.53. The van der Waals surface area contributed by atoms with E-state index >= 15 is 0 Å². The predicted octanol–water partition coefficient (Wildman–Crippen LogP) is 4.77. The van der Waals surface area contributed by atoms with Crippen LogP contribution in [0.15, 0.2) is 53.6 Å². The van der Waals surface area contributed by atoms with Gasteiger partial charge >= 0.3 is 6.03 Å². The fraction of sp³-hybridized carbons (Fsp3) is 0.263. The van der Waals surface area contributed by atoms with Crippen LogP contribution in [0.1, 0.15) is 25.8 Å². The number of rotatable bonds is 4. The molecule has 0 atom stereocenters. The number of carbonyl (C=O) groups excluding carboxylic acids is 1. The van der Waals surface area contributed by atoms with Crippen LogP contribution < -0.4 is 10.1 Å². The van der Waals surface area contributed by atoms with Crippen molar-refractivity contribution in [3.05, 3.63) is 59.1 Å².